The lowest BCUT2D eigenvalue weighted by Crippen LogP contribution is -2.15. The zero-order valence-electron chi connectivity index (χ0n) is 25.2. The summed E-state index contributed by atoms with van der Waals surface area (Å²) < 4.78 is 15.2. The van der Waals surface area contributed by atoms with Gasteiger partial charge in [-0.25, -0.2) is 9.97 Å². The van der Waals surface area contributed by atoms with Gasteiger partial charge in [0.1, 0.15) is 11.0 Å². The number of para-hydroxylation sites is 4. The van der Waals surface area contributed by atoms with Gasteiger partial charge in [-0.15, -0.1) is 11.3 Å². The van der Waals surface area contributed by atoms with E-state index in [1.807, 2.05) is 59.9 Å². The molecule has 1 aliphatic rings. The lowest BCUT2D eigenvalue weighted by molar-refractivity contribution is 0.617. The van der Waals surface area contributed by atoms with E-state index >= 15 is 0 Å². The van der Waals surface area contributed by atoms with Gasteiger partial charge in [0, 0.05) is 36.7 Å². The highest BCUT2D eigenvalue weighted by atomic mass is 32.1. The van der Waals surface area contributed by atoms with Crippen LogP contribution in [0.1, 0.15) is 25.0 Å². The molecule has 3 heterocycles. The molecule has 10 rings (SSSR count). The minimum absolute atomic E-state index is 0.176. The van der Waals surface area contributed by atoms with Crippen molar-refractivity contribution in [1.29, 1.82) is 0 Å². The third kappa shape index (κ3) is 3.66. The summed E-state index contributed by atoms with van der Waals surface area (Å²) >= 11 is 1.88. The van der Waals surface area contributed by atoms with Gasteiger partial charge in [-0.3, -0.25) is 0 Å². The molecule has 1 aliphatic carbocycles. The number of nitrogens with zero attached hydrogens (tertiary/aromatic N) is 2. The van der Waals surface area contributed by atoms with Gasteiger partial charge in [0.2, 0.25) is 11.8 Å². The van der Waals surface area contributed by atoms with Gasteiger partial charge in [0.15, 0.2) is 11.2 Å². The summed E-state index contributed by atoms with van der Waals surface area (Å²) in [5, 5.41) is 2.73. The van der Waals surface area contributed by atoms with Crippen LogP contribution in [-0.2, 0) is 5.41 Å². The molecule has 0 atom stereocenters. The van der Waals surface area contributed by atoms with Crippen molar-refractivity contribution < 1.29 is 8.83 Å². The fourth-order valence-electron chi connectivity index (χ4n) is 7.33. The van der Waals surface area contributed by atoms with Gasteiger partial charge < -0.3 is 8.83 Å². The molecule has 9 aromatic rings. The van der Waals surface area contributed by atoms with Crippen molar-refractivity contribution >= 4 is 53.7 Å². The van der Waals surface area contributed by atoms with E-state index in [1.54, 1.807) is 0 Å². The Bertz CT molecular complexity index is 2530. The van der Waals surface area contributed by atoms with E-state index in [4.69, 9.17) is 18.8 Å². The van der Waals surface area contributed by atoms with Crippen LogP contribution in [0.2, 0.25) is 0 Å². The van der Waals surface area contributed by atoms with Gasteiger partial charge in [-0.05, 0) is 94.0 Å². The normalized spacial score (nSPS) is 13.6. The molecule has 4 nitrogen and oxygen atoms in total. The van der Waals surface area contributed by atoms with Gasteiger partial charge in [0.25, 0.3) is 0 Å². The Morgan fingerprint density at radius 1 is 0.543 bits per heavy atom. The summed E-state index contributed by atoms with van der Waals surface area (Å²) in [6.07, 6.45) is 0. The number of rotatable bonds is 3. The topological polar surface area (TPSA) is 52.1 Å². The second-order valence-electron chi connectivity index (χ2n) is 12.6. The molecule has 0 amide bonds. The molecule has 0 unspecified atom stereocenters. The first-order chi connectivity index (χ1) is 22.5. The second-order valence-corrected chi connectivity index (χ2v) is 13.7. The molecule has 6 aromatic carbocycles. The molecule has 3 aromatic heterocycles. The van der Waals surface area contributed by atoms with Crippen molar-refractivity contribution in [1.82, 2.24) is 9.97 Å². The highest BCUT2D eigenvalue weighted by molar-refractivity contribution is 7.25. The van der Waals surface area contributed by atoms with Crippen LogP contribution < -0.4 is 0 Å². The smallest absolute Gasteiger partial charge is 0.227 e. The summed E-state index contributed by atoms with van der Waals surface area (Å²) in [5.74, 6) is 1.14. The van der Waals surface area contributed by atoms with Crippen LogP contribution >= 0.6 is 11.3 Å². The highest BCUT2D eigenvalue weighted by Gasteiger charge is 2.38. The van der Waals surface area contributed by atoms with Crippen molar-refractivity contribution in [2.75, 3.05) is 0 Å². The summed E-state index contributed by atoms with van der Waals surface area (Å²) in [6.45, 7) is 4.73. The Hall–Kier alpha value is -5.52. The standard InChI is InChI=1S/C41H26N2O2S/c1-41(2)30-22-23(15-16-27(30)28-17-18-36-37(38(28)41)29-9-3-8-14-35(29)46-36)24-19-25(39-42-31-10-4-6-12-33(31)44-39)21-26(20-24)40-43-32-11-5-7-13-34(32)45-40/h3-22H,1-2H3. The van der Waals surface area contributed by atoms with Crippen LogP contribution in [0.4, 0.5) is 0 Å². The first-order valence-electron chi connectivity index (χ1n) is 15.5. The zero-order chi connectivity index (χ0) is 30.6. The predicted octanol–water partition coefficient (Wildman–Crippen LogP) is 11.6. The van der Waals surface area contributed by atoms with Gasteiger partial charge in [-0.2, -0.15) is 0 Å². The number of aromatic nitrogens is 2. The van der Waals surface area contributed by atoms with Gasteiger partial charge >= 0.3 is 0 Å². The number of hydrogen-bond donors (Lipinski definition) is 0. The fourth-order valence-corrected chi connectivity index (χ4v) is 8.45. The van der Waals surface area contributed by atoms with Gasteiger partial charge in [-0.1, -0.05) is 74.5 Å². The molecule has 0 saturated heterocycles. The van der Waals surface area contributed by atoms with Crippen LogP contribution in [0.5, 0.6) is 0 Å². The van der Waals surface area contributed by atoms with Gasteiger partial charge in [0.05, 0.1) is 0 Å². The Balaban J connectivity index is 1.17. The Labute approximate surface area is 268 Å². The zero-order valence-corrected chi connectivity index (χ0v) is 26.0. The Kier molecular flexibility index (Phi) is 5.18. The van der Waals surface area contributed by atoms with Crippen LogP contribution in [0.25, 0.3) is 87.5 Å². The van der Waals surface area contributed by atoms with E-state index in [0.29, 0.717) is 11.8 Å². The van der Waals surface area contributed by atoms with E-state index in [2.05, 4.69) is 86.6 Å². The van der Waals surface area contributed by atoms with E-state index in [-0.39, 0.29) is 5.41 Å². The molecule has 218 valence electrons. The van der Waals surface area contributed by atoms with Crippen molar-refractivity contribution in [2.24, 2.45) is 0 Å². The van der Waals surface area contributed by atoms with Crippen molar-refractivity contribution in [3.05, 3.63) is 132 Å². The van der Waals surface area contributed by atoms with Crippen LogP contribution in [-0.4, -0.2) is 9.97 Å². The monoisotopic (exact) mass is 610 g/mol. The molecule has 0 bridgehead atoms. The molecule has 0 aliphatic heterocycles. The average Bonchev–Trinajstić information content (AvgIpc) is 3.85. The van der Waals surface area contributed by atoms with E-state index in [0.717, 1.165) is 44.5 Å². The maximum Gasteiger partial charge on any atom is 0.227 e. The maximum atomic E-state index is 6.25. The molecule has 5 heteroatoms. The number of thiophene rings is 1. The lowest BCUT2D eigenvalue weighted by atomic mass is 9.80. The Morgan fingerprint density at radius 3 is 1.85 bits per heavy atom. The van der Waals surface area contributed by atoms with E-state index in [9.17, 15) is 0 Å². The number of oxazole rings is 2. The molecule has 0 fully saturated rings. The molecule has 0 N–H and O–H groups in total. The molecule has 0 radical (unpaired) electrons. The second kappa shape index (κ2) is 9.25. The summed E-state index contributed by atoms with van der Waals surface area (Å²) in [5.41, 5.74) is 12.3. The quantitative estimate of drug-likeness (QED) is 0.200. The first kappa shape index (κ1) is 25.8. The summed E-state index contributed by atoms with van der Waals surface area (Å²) in [7, 11) is 0. The van der Waals surface area contributed by atoms with E-state index in [1.165, 1.54) is 42.4 Å². The maximum absolute atomic E-state index is 6.25. The third-order valence-corrected chi connectivity index (χ3v) is 10.6. The minimum Gasteiger partial charge on any atom is -0.436 e. The van der Waals surface area contributed by atoms with Crippen LogP contribution in [0.15, 0.2) is 130 Å². The molecule has 0 saturated carbocycles. The minimum atomic E-state index is -0.176. The summed E-state index contributed by atoms with van der Waals surface area (Å²) in [6, 6.07) is 42.4. The SMILES string of the molecule is CC1(C)c2cc(-c3cc(-c4nc5ccccc5o4)cc(-c4nc5ccccc5o4)c3)ccc2-c2ccc3sc4ccccc4c3c21. The number of hydrogen-bond acceptors (Lipinski definition) is 5. The van der Waals surface area contributed by atoms with Crippen molar-refractivity contribution in [3.63, 3.8) is 0 Å². The molecule has 0 spiro atoms. The van der Waals surface area contributed by atoms with E-state index < -0.39 is 0 Å². The predicted molar refractivity (Wildman–Crippen MR) is 188 cm³/mol. The first-order valence-corrected chi connectivity index (χ1v) is 16.3. The molecular formula is C41H26N2O2S. The highest BCUT2D eigenvalue weighted by Crippen LogP contribution is 2.54. The largest absolute Gasteiger partial charge is 0.436 e. The van der Waals surface area contributed by atoms with Crippen molar-refractivity contribution in [2.45, 2.75) is 19.3 Å². The number of fused-ring (bicyclic) bond motifs is 9. The van der Waals surface area contributed by atoms with Crippen molar-refractivity contribution in [3.8, 4) is 45.2 Å². The van der Waals surface area contributed by atoms with Crippen LogP contribution in [0.3, 0.4) is 0 Å². The summed E-state index contributed by atoms with van der Waals surface area (Å²) in [4.78, 5) is 9.67. The third-order valence-electron chi connectivity index (χ3n) is 9.50. The number of benzene rings is 6. The fraction of sp³-hybridized carbons (Fsp3) is 0.0732. The lowest BCUT2D eigenvalue weighted by Gasteiger charge is -2.23. The molecular weight excluding hydrogens is 585 g/mol. The molecule has 46 heavy (non-hydrogen) atoms. The average molecular weight is 611 g/mol. The Morgan fingerprint density at radius 2 is 1.15 bits per heavy atom. The van der Waals surface area contributed by atoms with Crippen LogP contribution in [0, 0.1) is 0 Å².